The molecule has 0 saturated carbocycles. The van der Waals surface area contributed by atoms with Crippen molar-refractivity contribution in [3.05, 3.63) is 59.5 Å². The molecule has 0 unspecified atom stereocenters. The van der Waals surface area contributed by atoms with Crippen molar-refractivity contribution in [3.63, 3.8) is 0 Å². The van der Waals surface area contributed by atoms with Gasteiger partial charge in [0.2, 0.25) is 0 Å². The summed E-state index contributed by atoms with van der Waals surface area (Å²) >= 11 is 0. The first-order valence-electron chi connectivity index (χ1n) is 9.85. The van der Waals surface area contributed by atoms with E-state index in [1.807, 2.05) is 26.0 Å². The lowest BCUT2D eigenvalue weighted by atomic mass is 10.1. The maximum atomic E-state index is 12.7. The Morgan fingerprint density at radius 2 is 2.06 bits per heavy atom. The lowest BCUT2D eigenvalue weighted by molar-refractivity contribution is -0.0504. The van der Waals surface area contributed by atoms with E-state index in [1.165, 1.54) is 6.07 Å². The second-order valence-corrected chi connectivity index (χ2v) is 6.59. The molecule has 0 saturated heterocycles. The maximum Gasteiger partial charge on any atom is 0.387 e. The molecule has 0 amide bonds. The molecule has 0 atom stereocenters. The van der Waals surface area contributed by atoms with Gasteiger partial charge in [-0.1, -0.05) is 28.9 Å². The number of aromatic nitrogens is 3. The van der Waals surface area contributed by atoms with Crippen molar-refractivity contribution in [3.8, 4) is 17.3 Å². The van der Waals surface area contributed by atoms with Crippen molar-refractivity contribution >= 4 is 29.9 Å². The predicted octanol–water partition coefficient (Wildman–Crippen LogP) is 3.96. The Kier molecular flexibility index (Phi) is 10.2. The molecule has 2 heterocycles. The number of nitrogens with one attached hydrogen (secondary N) is 2. The van der Waals surface area contributed by atoms with Gasteiger partial charge in [-0.3, -0.25) is 4.98 Å². The van der Waals surface area contributed by atoms with Crippen molar-refractivity contribution in [1.29, 1.82) is 0 Å². The second-order valence-electron chi connectivity index (χ2n) is 6.59. The van der Waals surface area contributed by atoms with Crippen LogP contribution in [-0.2, 0) is 13.0 Å². The van der Waals surface area contributed by atoms with Crippen molar-refractivity contribution in [2.75, 3.05) is 13.1 Å². The molecule has 0 aliphatic carbocycles. The van der Waals surface area contributed by atoms with Crippen LogP contribution in [0.3, 0.4) is 0 Å². The Hall–Kier alpha value is -2.83. The van der Waals surface area contributed by atoms with Crippen LogP contribution < -0.4 is 15.4 Å². The molecular weight excluding hydrogens is 533 g/mol. The lowest BCUT2D eigenvalue weighted by Gasteiger charge is -2.13. The van der Waals surface area contributed by atoms with E-state index < -0.39 is 6.61 Å². The first kappa shape index (κ1) is 25.4. The molecule has 0 aliphatic rings. The topological polar surface area (TPSA) is 97.5 Å². The summed E-state index contributed by atoms with van der Waals surface area (Å²) in [5.74, 6) is 1.56. The van der Waals surface area contributed by atoms with Gasteiger partial charge in [0.15, 0.2) is 11.8 Å². The molecule has 0 fully saturated rings. The molecular formula is C21H25F2IN6O2. The van der Waals surface area contributed by atoms with Gasteiger partial charge in [-0.15, -0.1) is 24.0 Å². The van der Waals surface area contributed by atoms with E-state index >= 15 is 0 Å². The van der Waals surface area contributed by atoms with E-state index in [1.54, 1.807) is 24.4 Å². The molecule has 1 aromatic carbocycles. The van der Waals surface area contributed by atoms with Crippen LogP contribution in [0.25, 0.3) is 11.6 Å². The third-order valence-corrected chi connectivity index (χ3v) is 4.18. The number of hydrogen-bond acceptors (Lipinski definition) is 6. The summed E-state index contributed by atoms with van der Waals surface area (Å²) in [6, 6.07) is 10.5. The Morgan fingerprint density at radius 1 is 1.22 bits per heavy atom. The number of pyridine rings is 1. The average Bonchev–Trinajstić information content (AvgIpc) is 3.23. The number of ether oxygens (including phenoxy) is 1. The molecule has 3 aromatic rings. The Labute approximate surface area is 201 Å². The summed E-state index contributed by atoms with van der Waals surface area (Å²) in [4.78, 5) is 13.0. The number of alkyl halides is 2. The van der Waals surface area contributed by atoms with Gasteiger partial charge in [-0.05, 0) is 32.0 Å². The fourth-order valence-electron chi connectivity index (χ4n) is 2.79. The number of rotatable bonds is 9. The predicted molar refractivity (Wildman–Crippen MR) is 127 cm³/mol. The SMILES string of the molecule is CCNC(=NCc1cc(C)ccc1OC(F)F)NCCc1noc(-c2ccccn2)n1.I. The van der Waals surface area contributed by atoms with Crippen molar-refractivity contribution in [2.45, 2.75) is 33.4 Å². The van der Waals surface area contributed by atoms with Gasteiger partial charge in [0.05, 0.1) is 6.54 Å². The number of benzene rings is 1. The van der Waals surface area contributed by atoms with E-state index in [0.29, 0.717) is 48.4 Å². The zero-order chi connectivity index (χ0) is 22.1. The minimum absolute atomic E-state index is 0. The zero-order valence-electron chi connectivity index (χ0n) is 17.7. The molecule has 11 heteroatoms. The highest BCUT2D eigenvalue weighted by Crippen LogP contribution is 2.23. The van der Waals surface area contributed by atoms with Gasteiger partial charge in [0, 0.05) is 31.3 Å². The molecule has 0 bridgehead atoms. The molecule has 0 radical (unpaired) electrons. The minimum atomic E-state index is -2.89. The Bertz CT molecular complexity index is 1000. The molecule has 172 valence electrons. The quantitative estimate of drug-likeness (QED) is 0.233. The molecule has 0 aliphatic heterocycles. The molecule has 2 aromatic heterocycles. The molecule has 2 N–H and O–H groups in total. The van der Waals surface area contributed by atoms with E-state index in [9.17, 15) is 8.78 Å². The van der Waals surface area contributed by atoms with Crippen LogP contribution in [0.5, 0.6) is 5.75 Å². The second kappa shape index (κ2) is 12.9. The number of halogens is 3. The van der Waals surface area contributed by atoms with Gasteiger partial charge < -0.3 is 19.9 Å². The van der Waals surface area contributed by atoms with Gasteiger partial charge in [0.1, 0.15) is 11.4 Å². The fourth-order valence-corrected chi connectivity index (χ4v) is 2.79. The Morgan fingerprint density at radius 3 is 2.78 bits per heavy atom. The first-order chi connectivity index (χ1) is 15.0. The van der Waals surface area contributed by atoms with Crippen LogP contribution in [0.15, 0.2) is 52.1 Å². The van der Waals surface area contributed by atoms with Gasteiger partial charge in [0.25, 0.3) is 5.89 Å². The summed E-state index contributed by atoms with van der Waals surface area (Å²) in [5, 5.41) is 10.3. The summed E-state index contributed by atoms with van der Waals surface area (Å²) in [6.45, 7) is 2.27. The summed E-state index contributed by atoms with van der Waals surface area (Å²) in [5.41, 5.74) is 2.13. The smallest absolute Gasteiger partial charge is 0.387 e. The minimum Gasteiger partial charge on any atom is -0.434 e. The largest absolute Gasteiger partial charge is 0.434 e. The zero-order valence-corrected chi connectivity index (χ0v) is 20.0. The summed E-state index contributed by atoms with van der Waals surface area (Å²) in [6.07, 6.45) is 2.16. The number of nitrogens with zero attached hydrogens (tertiary/aromatic N) is 4. The summed E-state index contributed by atoms with van der Waals surface area (Å²) < 4.78 is 35.1. The normalized spacial score (nSPS) is 11.2. The average molecular weight is 558 g/mol. The molecule has 8 nitrogen and oxygen atoms in total. The summed E-state index contributed by atoms with van der Waals surface area (Å²) in [7, 11) is 0. The van der Waals surface area contributed by atoms with Crippen LogP contribution >= 0.6 is 24.0 Å². The molecule has 0 spiro atoms. The van der Waals surface area contributed by atoms with Crippen LogP contribution in [-0.4, -0.2) is 40.8 Å². The number of guanidine groups is 1. The van der Waals surface area contributed by atoms with Crippen molar-refractivity contribution < 1.29 is 18.0 Å². The number of aliphatic imine (C=N–C) groups is 1. The first-order valence-corrected chi connectivity index (χ1v) is 9.85. The van der Waals surface area contributed by atoms with E-state index in [-0.39, 0.29) is 36.3 Å². The highest BCUT2D eigenvalue weighted by Gasteiger charge is 2.11. The van der Waals surface area contributed by atoms with Gasteiger partial charge >= 0.3 is 6.61 Å². The lowest BCUT2D eigenvalue weighted by Crippen LogP contribution is -2.38. The van der Waals surface area contributed by atoms with Crippen LogP contribution in [0.2, 0.25) is 0 Å². The van der Waals surface area contributed by atoms with E-state index in [2.05, 4.69) is 35.5 Å². The number of aryl methyl sites for hydroxylation is 1. The van der Waals surface area contributed by atoms with Crippen LogP contribution in [0.4, 0.5) is 8.78 Å². The van der Waals surface area contributed by atoms with E-state index in [0.717, 1.165) is 5.56 Å². The van der Waals surface area contributed by atoms with Crippen molar-refractivity contribution in [2.24, 2.45) is 4.99 Å². The highest BCUT2D eigenvalue weighted by molar-refractivity contribution is 14.0. The standard InChI is InChI=1S/C21H24F2N6O2.HI/c1-3-24-21(27-13-15-12-14(2)7-8-17(15)30-20(22)23)26-11-9-18-28-19(31-29-18)16-6-4-5-10-25-16;/h4-8,10,12,20H,3,9,11,13H2,1-2H3,(H2,24,26,27);1H. The Balaban J connectivity index is 0.00000363. The molecule has 3 rings (SSSR count). The monoisotopic (exact) mass is 558 g/mol. The van der Waals surface area contributed by atoms with Gasteiger partial charge in [-0.25, -0.2) is 4.99 Å². The van der Waals surface area contributed by atoms with Crippen LogP contribution in [0, 0.1) is 6.92 Å². The van der Waals surface area contributed by atoms with Crippen molar-refractivity contribution in [1.82, 2.24) is 25.8 Å². The fraction of sp³-hybridized carbons (Fsp3) is 0.333. The molecule has 32 heavy (non-hydrogen) atoms. The highest BCUT2D eigenvalue weighted by atomic mass is 127. The van der Waals surface area contributed by atoms with Gasteiger partial charge in [-0.2, -0.15) is 13.8 Å². The maximum absolute atomic E-state index is 12.7. The van der Waals surface area contributed by atoms with Crippen LogP contribution in [0.1, 0.15) is 23.9 Å². The third kappa shape index (κ3) is 7.70. The number of hydrogen-bond donors (Lipinski definition) is 2. The third-order valence-electron chi connectivity index (χ3n) is 4.18. The van der Waals surface area contributed by atoms with E-state index in [4.69, 9.17) is 4.52 Å².